The fourth-order valence-electron chi connectivity index (χ4n) is 5.83. The minimum Gasteiger partial charge on any atom is -0.493 e. The summed E-state index contributed by atoms with van der Waals surface area (Å²) in [5, 5.41) is 9.40. The van der Waals surface area contributed by atoms with Crippen molar-refractivity contribution in [3.63, 3.8) is 0 Å². The van der Waals surface area contributed by atoms with Gasteiger partial charge in [0, 0.05) is 68.6 Å². The second-order valence-electron chi connectivity index (χ2n) is 11.5. The fraction of sp³-hybridized carbons (Fsp3) is 0.353. The summed E-state index contributed by atoms with van der Waals surface area (Å²) < 4.78 is 21.5. The summed E-state index contributed by atoms with van der Waals surface area (Å²) in [7, 11) is 2.90. The minimum atomic E-state index is -1.04. The molecule has 2 heterocycles. The molecule has 10 nitrogen and oxygen atoms in total. The van der Waals surface area contributed by atoms with E-state index in [9.17, 15) is 19.2 Å². The van der Waals surface area contributed by atoms with Gasteiger partial charge in [-0.25, -0.2) is 9.18 Å². The summed E-state index contributed by atoms with van der Waals surface area (Å²) in [6.07, 6.45) is 1.11. The van der Waals surface area contributed by atoms with Gasteiger partial charge in [0.25, 0.3) is 0 Å². The van der Waals surface area contributed by atoms with E-state index in [1.807, 2.05) is 38.1 Å². The van der Waals surface area contributed by atoms with Crippen LogP contribution in [0.4, 0.5) is 14.9 Å². The minimum absolute atomic E-state index is 0.0186. The highest BCUT2D eigenvalue weighted by atomic mass is 35.5. The van der Waals surface area contributed by atoms with Gasteiger partial charge in [0.15, 0.2) is 0 Å². The Balaban J connectivity index is 1.41. The maximum absolute atomic E-state index is 15.7. The quantitative estimate of drug-likeness (QED) is 0.282. The van der Waals surface area contributed by atoms with Gasteiger partial charge in [0.2, 0.25) is 17.7 Å². The van der Waals surface area contributed by atoms with Crippen molar-refractivity contribution in [3.05, 3.63) is 70.5 Å². The number of urea groups is 1. The molecule has 0 saturated carbocycles. The number of halogens is 2. The second kappa shape index (κ2) is 13.9. The Labute approximate surface area is 272 Å². The Bertz CT molecular complexity index is 1690. The normalized spacial score (nSPS) is 18.4. The highest BCUT2D eigenvalue weighted by Crippen LogP contribution is 2.41. The summed E-state index contributed by atoms with van der Waals surface area (Å²) in [4.78, 5) is 51.8. The number of carbonyl (C=O) groups is 4. The van der Waals surface area contributed by atoms with Crippen LogP contribution < -0.4 is 20.7 Å². The van der Waals surface area contributed by atoms with Crippen molar-refractivity contribution in [2.45, 2.75) is 39.3 Å². The van der Waals surface area contributed by atoms with Gasteiger partial charge >= 0.3 is 6.03 Å². The molecule has 1 unspecified atom stereocenters. The van der Waals surface area contributed by atoms with Gasteiger partial charge in [-0.1, -0.05) is 41.9 Å². The van der Waals surface area contributed by atoms with E-state index >= 15 is 4.39 Å². The van der Waals surface area contributed by atoms with Crippen molar-refractivity contribution in [1.29, 1.82) is 0 Å². The van der Waals surface area contributed by atoms with Crippen LogP contribution in [-0.2, 0) is 20.9 Å². The number of piperidine rings is 1. The van der Waals surface area contributed by atoms with E-state index in [4.69, 9.17) is 16.3 Å². The van der Waals surface area contributed by atoms with E-state index in [1.165, 1.54) is 18.0 Å². The van der Waals surface area contributed by atoms with Crippen LogP contribution in [0.3, 0.4) is 0 Å². The zero-order valence-corrected chi connectivity index (χ0v) is 27.0. The van der Waals surface area contributed by atoms with Gasteiger partial charge < -0.3 is 25.6 Å². The number of ether oxygens (including phenoxy) is 1. The number of hydrogen-bond donors (Lipinski definition) is 3. The van der Waals surface area contributed by atoms with Crippen LogP contribution in [0.1, 0.15) is 30.9 Å². The molecule has 0 aliphatic carbocycles. The maximum atomic E-state index is 15.7. The van der Waals surface area contributed by atoms with Crippen molar-refractivity contribution in [2.24, 2.45) is 5.92 Å². The molecule has 2 aliphatic heterocycles. The van der Waals surface area contributed by atoms with Crippen LogP contribution >= 0.6 is 11.6 Å². The summed E-state index contributed by atoms with van der Waals surface area (Å²) in [5.74, 6) is -2.14. The van der Waals surface area contributed by atoms with E-state index in [0.717, 1.165) is 16.0 Å². The van der Waals surface area contributed by atoms with E-state index < -0.39 is 29.6 Å². The van der Waals surface area contributed by atoms with E-state index in [-0.39, 0.29) is 25.0 Å². The first kappa shape index (κ1) is 32.9. The molecule has 5 amide bonds. The van der Waals surface area contributed by atoms with E-state index in [2.05, 4.69) is 16.0 Å². The number of nitrogens with one attached hydrogen (secondary N) is 3. The van der Waals surface area contributed by atoms with Crippen molar-refractivity contribution in [3.8, 4) is 28.0 Å². The molecule has 2 fully saturated rings. The van der Waals surface area contributed by atoms with Crippen LogP contribution in [0.2, 0.25) is 5.02 Å². The average Bonchev–Trinajstić information content (AvgIpc) is 3.03. The summed E-state index contributed by atoms with van der Waals surface area (Å²) in [6.45, 7) is 4.72. The second-order valence-corrected chi connectivity index (χ2v) is 11.9. The largest absolute Gasteiger partial charge is 0.493 e. The third kappa shape index (κ3) is 6.70. The third-order valence-electron chi connectivity index (χ3n) is 8.49. The van der Waals surface area contributed by atoms with Gasteiger partial charge in [0.05, 0.1) is 11.6 Å². The number of benzene rings is 3. The van der Waals surface area contributed by atoms with E-state index in [0.29, 0.717) is 64.7 Å². The van der Waals surface area contributed by atoms with Crippen LogP contribution in [0.25, 0.3) is 22.3 Å². The molecule has 0 aromatic heterocycles. The molecule has 0 bridgehead atoms. The molecule has 2 aliphatic rings. The fourth-order valence-corrected chi connectivity index (χ4v) is 6.17. The van der Waals surface area contributed by atoms with Crippen molar-refractivity contribution in [1.82, 2.24) is 20.4 Å². The summed E-state index contributed by atoms with van der Waals surface area (Å²) >= 11 is 7.01. The van der Waals surface area contributed by atoms with Gasteiger partial charge in [-0.05, 0) is 55.2 Å². The van der Waals surface area contributed by atoms with E-state index in [1.54, 1.807) is 25.2 Å². The highest BCUT2D eigenvalue weighted by molar-refractivity contribution is 6.36. The van der Waals surface area contributed by atoms with Gasteiger partial charge in [0.1, 0.15) is 17.5 Å². The summed E-state index contributed by atoms with van der Waals surface area (Å²) in [6, 6.07) is 13.7. The Morgan fingerprint density at radius 3 is 2.52 bits per heavy atom. The molecule has 12 heteroatoms. The number of amides is 5. The lowest BCUT2D eigenvalue weighted by Gasteiger charge is -2.33. The number of imide groups is 1. The smallest absolute Gasteiger partial charge is 0.326 e. The zero-order chi connectivity index (χ0) is 33.1. The van der Waals surface area contributed by atoms with Crippen LogP contribution in [0, 0.1) is 18.7 Å². The first-order chi connectivity index (χ1) is 22.0. The van der Waals surface area contributed by atoms with Gasteiger partial charge in [-0.3, -0.25) is 19.3 Å². The van der Waals surface area contributed by atoms with Gasteiger partial charge in [-0.2, -0.15) is 0 Å². The molecular formula is C34H37ClFN5O5. The molecule has 0 spiro atoms. The maximum Gasteiger partial charge on any atom is 0.326 e. The number of hydrogen-bond acceptors (Lipinski definition) is 6. The third-order valence-corrected chi connectivity index (χ3v) is 8.90. The molecule has 0 radical (unpaired) electrons. The predicted octanol–water partition coefficient (Wildman–Crippen LogP) is 4.97. The Morgan fingerprint density at radius 2 is 1.80 bits per heavy atom. The average molecular weight is 650 g/mol. The summed E-state index contributed by atoms with van der Waals surface area (Å²) in [5.41, 5.74) is 4.18. The highest BCUT2D eigenvalue weighted by Gasteiger charge is 2.39. The van der Waals surface area contributed by atoms with Crippen molar-refractivity contribution >= 4 is 41.0 Å². The molecule has 2 atom stereocenters. The Morgan fingerprint density at radius 1 is 1.09 bits per heavy atom. The molecular weight excluding hydrogens is 613 g/mol. The van der Waals surface area contributed by atoms with Gasteiger partial charge in [-0.15, -0.1) is 0 Å². The first-order valence-electron chi connectivity index (χ1n) is 15.2. The van der Waals surface area contributed by atoms with Crippen LogP contribution in [-0.4, -0.2) is 73.4 Å². The number of rotatable bonds is 9. The number of carbonyl (C=O) groups excluding carboxylic acids is 4. The first-order valence-corrected chi connectivity index (χ1v) is 15.6. The standard InChI is InChI=1S/C34H37ClFN5O5/c1-5-46-29-15-20(14-27(36)25(29)17-37-21-12-13-30(42)38-16-21)23-9-6-10-24(31(23)35)22-8-7-11-28(19(22)2)39-32(43)26-18-40(3)34(45)41(4)33(26)44/h6-11,14-15,21,26,37H,5,12-13,16-18H2,1-4H3,(H,38,42)(H,39,43)/t21-,26?/m0/s1. The molecule has 5 rings (SSSR count). The lowest BCUT2D eigenvalue weighted by Crippen LogP contribution is -2.56. The predicted molar refractivity (Wildman–Crippen MR) is 174 cm³/mol. The number of nitrogens with zero attached hydrogens (tertiary/aromatic N) is 2. The lowest BCUT2D eigenvalue weighted by molar-refractivity contribution is -0.140. The molecule has 242 valence electrons. The van der Waals surface area contributed by atoms with Crippen LogP contribution in [0.15, 0.2) is 48.5 Å². The number of anilines is 1. The Kier molecular flexibility index (Phi) is 9.93. The Hall–Kier alpha value is -4.48. The topological polar surface area (TPSA) is 120 Å². The van der Waals surface area contributed by atoms with Crippen molar-refractivity contribution < 1.29 is 28.3 Å². The van der Waals surface area contributed by atoms with Crippen LogP contribution in [0.5, 0.6) is 5.75 Å². The monoisotopic (exact) mass is 649 g/mol. The molecule has 3 N–H and O–H groups in total. The molecule has 3 aromatic carbocycles. The molecule has 46 heavy (non-hydrogen) atoms. The zero-order valence-electron chi connectivity index (χ0n) is 26.2. The van der Waals surface area contributed by atoms with Crippen molar-refractivity contribution in [2.75, 3.05) is 39.1 Å². The molecule has 3 aromatic rings. The molecule has 2 saturated heterocycles. The SMILES string of the molecule is CCOc1cc(-c2cccc(-c3cccc(NC(=O)C4CN(C)C(=O)N(C)C4=O)c3C)c2Cl)cc(F)c1CN[C@H]1CCC(=O)NC1. The lowest BCUT2D eigenvalue weighted by atomic mass is 9.94.